The number of anilines is 1. The minimum absolute atomic E-state index is 0.264. The molecule has 4 heterocycles. The minimum Gasteiger partial charge on any atom is -0.387 e. The first-order valence-corrected chi connectivity index (χ1v) is 13.6. The summed E-state index contributed by atoms with van der Waals surface area (Å²) in [4.78, 5) is 23.0. The molecule has 0 bridgehead atoms. The van der Waals surface area contributed by atoms with Crippen molar-refractivity contribution in [1.29, 1.82) is 0 Å². The number of H-pyrrole nitrogens is 1. The van der Waals surface area contributed by atoms with E-state index in [0.717, 1.165) is 48.5 Å². The number of fused-ring (bicyclic) bond motifs is 2. The second-order valence-corrected chi connectivity index (χ2v) is 11.3. The predicted octanol–water partition coefficient (Wildman–Crippen LogP) is 2.12. The second kappa shape index (κ2) is 9.26. The van der Waals surface area contributed by atoms with Crippen LogP contribution < -0.4 is 5.73 Å². The molecule has 38 heavy (non-hydrogen) atoms. The number of aromatic amines is 1. The number of likely N-dealkylation sites (N-methyl/N-ethyl adjacent to an activating group) is 1. The number of nitrogens with zero attached hydrogens (tertiary/aromatic N) is 6. The van der Waals surface area contributed by atoms with Crippen molar-refractivity contribution in [2.24, 2.45) is 5.92 Å². The van der Waals surface area contributed by atoms with Crippen molar-refractivity contribution in [2.45, 2.75) is 75.0 Å². The van der Waals surface area contributed by atoms with Gasteiger partial charge >= 0.3 is 0 Å². The maximum atomic E-state index is 10.7. The van der Waals surface area contributed by atoms with Crippen LogP contribution in [0.25, 0.3) is 22.2 Å². The molecule has 11 heteroatoms. The van der Waals surface area contributed by atoms with Crippen LogP contribution >= 0.6 is 0 Å². The number of aromatic nitrogens is 6. The third-order valence-electron chi connectivity index (χ3n) is 8.69. The molecule has 4 aromatic rings. The van der Waals surface area contributed by atoms with Crippen LogP contribution in [0.15, 0.2) is 30.9 Å². The highest BCUT2D eigenvalue weighted by Crippen LogP contribution is 2.41. The number of rotatable bonds is 8. The lowest BCUT2D eigenvalue weighted by molar-refractivity contribution is -0.0514. The van der Waals surface area contributed by atoms with Gasteiger partial charge in [0.15, 0.2) is 17.7 Å². The number of nitrogen functional groups attached to an aromatic ring is 1. The van der Waals surface area contributed by atoms with Crippen LogP contribution in [0, 0.1) is 5.92 Å². The van der Waals surface area contributed by atoms with Gasteiger partial charge in [-0.3, -0.25) is 4.57 Å². The number of hydrogen-bond acceptors (Lipinski definition) is 9. The largest absolute Gasteiger partial charge is 0.387 e. The van der Waals surface area contributed by atoms with Crippen LogP contribution in [-0.4, -0.2) is 82.5 Å². The molecule has 4 atom stereocenters. The van der Waals surface area contributed by atoms with Gasteiger partial charge in [0.05, 0.1) is 17.4 Å². The number of nitrogens with two attached hydrogens (primary N) is 1. The van der Waals surface area contributed by atoms with Crippen molar-refractivity contribution >= 4 is 28.0 Å². The topological polar surface area (TPSA) is 151 Å². The summed E-state index contributed by atoms with van der Waals surface area (Å²) in [6.07, 6.45) is 6.36. The Balaban J connectivity index is 0.920. The predicted molar refractivity (Wildman–Crippen MR) is 141 cm³/mol. The van der Waals surface area contributed by atoms with Crippen LogP contribution in [0.1, 0.15) is 55.6 Å². The molecule has 0 radical (unpaired) electrons. The number of nitrogens with one attached hydrogen (secondary N) is 1. The third-order valence-corrected chi connectivity index (χ3v) is 8.69. The molecule has 0 amide bonds. The van der Waals surface area contributed by atoms with E-state index < -0.39 is 24.5 Å². The molecule has 0 spiro atoms. The average molecular weight is 519 g/mol. The highest BCUT2D eigenvalue weighted by molar-refractivity contribution is 5.81. The normalized spacial score (nSPS) is 29.5. The molecule has 5 N–H and O–H groups in total. The van der Waals surface area contributed by atoms with E-state index in [1.54, 1.807) is 4.57 Å². The van der Waals surface area contributed by atoms with Crippen LogP contribution in [0.5, 0.6) is 0 Å². The molecule has 3 aromatic heterocycles. The number of hydrogen-bond donors (Lipinski definition) is 4. The Hall–Kier alpha value is -3.12. The fourth-order valence-electron chi connectivity index (χ4n) is 6.10. The lowest BCUT2D eigenvalue weighted by Crippen LogP contribution is -2.47. The lowest BCUT2D eigenvalue weighted by Gasteiger charge is -2.42. The summed E-state index contributed by atoms with van der Waals surface area (Å²) in [6, 6.07) is 7.10. The van der Waals surface area contributed by atoms with E-state index in [9.17, 15) is 10.2 Å². The van der Waals surface area contributed by atoms with E-state index in [2.05, 4.69) is 50.1 Å². The zero-order valence-corrected chi connectivity index (χ0v) is 21.4. The Morgan fingerprint density at radius 1 is 1.16 bits per heavy atom. The summed E-state index contributed by atoms with van der Waals surface area (Å²) in [6.45, 7) is 0.531. The first-order chi connectivity index (χ1) is 18.4. The smallest absolute Gasteiger partial charge is 0.167 e. The standard InChI is InChI=1S/C27H34N8O3/c1-34(11-20-23(36)24(37)27(38-20)35-13-31-22-25(28)29-12-30-26(22)35)17-8-14(9-17)2-7-21-32-18-6-5-16(15-3-4-15)10-19(18)33-21/h5-6,10,12-15,17,20,23-24,27,36-37H,2-4,7-9,11H2,1H3,(H,32,33)(H2,28,29,30)/t14-,17-,20-,23+,24+,27-/m1/s1. The van der Waals surface area contributed by atoms with Crippen LogP contribution in [0.3, 0.4) is 0 Å². The van der Waals surface area contributed by atoms with Gasteiger partial charge in [-0.15, -0.1) is 0 Å². The van der Waals surface area contributed by atoms with Gasteiger partial charge in [0, 0.05) is 19.0 Å². The summed E-state index contributed by atoms with van der Waals surface area (Å²) in [5.74, 6) is 2.74. The Morgan fingerprint density at radius 2 is 2.00 bits per heavy atom. The van der Waals surface area contributed by atoms with E-state index >= 15 is 0 Å². The van der Waals surface area contributed by atoms with Gasteiger partial charge in [0.2, 0.25) is 0 Å². The third kappa shape index (κ3) is 4.23. The van der Waals surface area contributed by atoms with Crippen molar-refractivity contribution in [1.82, 2.24) is 34.4 Å². The maximum absolute atomic E-state index is 10.7. The van der Waals surface area contributed by atoms with Gasteiger partial charge in [0.1, 0.15) is 36.0 Å². The molecule has 2 aliphatic carbocycles. The summed E-state index contributed by atoms with van der Waals surface area (Å²) >= 11 is 0. The molecule has 2 saturated carbocycles. The van der Waals surface area contributed by atoms with Gasteiger partial charge in [0.25, 0.3) is 0 Å². The van der Waals surface area contributed by atoms with Crippen molar-refractivity contribution in [3.63, 3.8) is 0 Å². The highest BCUT2D eigenvalue weighted by Gasteiger charge is 2.45. The molecule has 11 nitrogen and oxygen atoms in total. The molecular weight excluding hydrogens is 484 g/mol. The van der Waals surface area contributed by atoms with Crippen molar-refractivity contribution in [3.8, 4) is 0 Å². The van der Waals surface area contributed by atoms with Gasteiger partial charge < -0.3 is 30.6 Å². The molecule has 3 fully saturated rings. The zero-order chi connectivity index (χ0) is 26.0. The lowest BCUT2D eigenvalue weighted by atomic mass is 9.76. The Labute approximate surface area is 220 Å². The van der Waals surface area contributed by atoms with Crippen molar-refractivity contribution < 1.29 is 14.9 Å². The fourth-order valence-corrected chi connectivity index (χ4v) is 6.10. The molecule has 1 saturated heterocycles. The molecule has 1 aromatic carbocycles. The molecule has 1 aliphatic heterocycles. The molecule has 200 valence electrons. The molecule has 0 unspecified atom stereocenters. The monoisotopic (exact) mass is 518 g/mol. The number of aliphatic hydroxyl groups is 2. The number of aliphatic hydroxyl groups excluding tert-OH is 2. The highest BCUT2D eigenvalue weighted by atomic mass is 16.6. The van der Waals surface area contributed by atoms with E-state index in [4.69, 9.17) is 15.5 Å². The first-order valence-electron chi connectivity index (χ1n) is 13.6. The molecule has 3 aliphatic rings. The van der Waals surface area contributed by atoms with Crippen LogP contribution in [-0.2, 0) is 11.2 Å². The summed E-state index contributed by atoms with van der Waals surface area (Å²) in [5.41, 5.74) is 10.4. The second-order valence-electron chi connectivity index (χ2n) is 11.3. The summed E-state index contributed by atoms with van der Waals surface area (Å²) < 4.78 is 7.74. The molecule has 7 rings (SSSR count). The molecular formula is C27H34N8O3. The Morgan fingerprint density at radius 3 is 2.82 bits per heavy atom. The maximum Gasteiger partial charge on any atom is 0.167 e. The number of benzene rings is 1. The van der Waals surface area contributed by atoms with E-state index in [0.29, 0.717) is 29.7 Å². The number of aryl methyl sites for hydroxylation is 1. The van der Waals surface area contributed by atoms with E-state index in [1.807, 2.05) is 0 Å². The van der Waals surface area contributed by atoms with Gasteiger partial charge in [-0.25, -0.2) is 19.9 Å². The fraction of sp³-hybridized carbons (Fsp3) is 0.556. The van der Waals surface area contributed by atoms with Crippen LogP contribution in [0.2, 0.25) is 0 Å². The summed E-state index contributed by atoms with van der Waals surface area (Å²) in [7, 11) is 2.06. The van der Waals surface area contributed by atoms with Gasteiger partial charge in [-0.05, 0) is 68.7 Å². The first kappa shape index (κ1) is 24.0. The van der Waals surface area contributed by atoms with Crippen molar-refractivity contribution in [2.75, 3.05) is 19.3 Å². The minimum atomic E-state index is -1.10. The van der Waals surface area contributed by atoms with E-state index in [1.165, 1.54) is 31.1 Å². The zero-order valence-electron chi connectivity index (χ0n) is 21.4. The number of ether oxygens (including phenoxy) is 1. The van der Waals surface area contributed by atoms with Gasteiger partial charge in [-0.2, -0.15) is 0 Å². The van der Waals surface area contributed by atoms with E-state index in [-0.39, 0.29) is 5.82 Å². The Bertz CT molecular complexity index is 1460. The van der Waals surface area contributed by atoms with Crippen LogP contribution in [0.4, 0.5) is 5.82 Å². The SMILES string of the molecule is CN(C[C@H]1O[C@@H](n2cnc3c(N)ncnc32)[C@@H](O)[C@H]1O)[C@H]1C[C@H](CCc2nc3cc(C4CC4)ccc3[nH]2)C1. The average Bonchev–Trinajstić information content (AvgIpc) is 3.42. The number of imidazole rings is 2. The Kier molecular flexibility index (Phi) is 5.84. The summed E-state index contributed by atoms with van der Waals surface area (Å²) in [5, 5.41) is 21.5. The van der Waals surface area contributed by atoms with Crippen molar-refractivity contribution in [3.05, 3.63) is 42.2 Å². The quantitative estimate of drug-likeness (QED) is 0.275. The van der Waals surface area contributed by atoms with Gasteiger partial charge in [-0.1, -0.05) is 6.07 Å².